The van der Waals surface area contributed by atoms with Gasteiger partial charge >= 0.3 is 0 Å². The lowest BCUT2D eigenvalue weighted by Crippen LogP contribution is -2.33. The molecular weight excluding hydrogens is 214 g/mol. The molecule has 98 valence electrons. The quantitative estimate of drug-likeness (QED) is 0.429. The van der Waals surface area contributed by atoms with Gasteiger partial charge in [0.2, 0.25) is 0 Å². The van der Waals surface area contributed by atoms with Gasteiger partial charge in [0.1, 0.15) is 0 Å². The zero-order valence-corrected chi connectivity index (χ0v) is 13.0. The minimum atomic E-state index is -1.36. The molecule has 0 aliphatic rings. The van der Waals surface area contributed by atoms with Crippen molar-refractivity contribution in [3.63, 3.8) is 0 Å². The first-order chi connectivity index (χ1) is 7.48. The molecule has 0 spiro atoms. The Kier molecular flexibility index (Phi) is 9.28. The normalized spacial score (nSPS) is 12.4. The molecule has 0 saturated carbocycles. The largest absolute Gasteiger partial charge is 0.416 e. The van der Waals surface area contributed by atoms with E-state index in [1.807, 2.05) is 0 Å². The van der Waals surface area contributed by atoms with E-state index >= 15 is 0 Å². The van der Waals surface area contributed by atoms with Crippen molar-refractivity contribution >= 4 is 8.32 Å². The predicted molar refractivity (Wildman–Crippen MR) is 75.6 cm³/mol. The van der Waals surface area contributed by atoms with Gasteiger partial charge in [0, 0.05) is 13.2 Å². The SMILES string of the molecule is CCCCCCC[Si](C)(C)OCCN(C)C. The molecule has 0 N–H and O–H groups in total. The molecule has 0 saturated heterocycles. The molecule has 0 heterocycles. The Hall–Kier alpha value is 0.137. The first-order valence-corrected chi connectivity index (χ1v) is 9.88. The van der Waals surface area contributed by atoms with Gasteiger partial charge < -0.3 is 9.33 Å². The zero-order chi connectivity index (χ0) is 12.4. The minimum Gasteiger partial charge on any atom is -0.416 e. The molecule has 0 aromatic carbocycles. The van der Waals surface area contributed by atoms with E-state index in [4.69, 9.17) is 4.43 Å². The van der Waals surface area contributed by atoms with Crippen LogP contribution in [0.1, 0.15) is 39.0 Å². The average molecular weight is 245 g/mol. The summed E-state index contributed by atoms with van der Waals surface area (Å²) < 4.78 is 6.04. The Morgan fingerprint density at radius 1 is 1.00 bits per heavy atom. The van der Waals surface area contributed by atoms with Gasteiger partial charge in [-0.05, 0) is 33.2 Å². The lowest BCUT2D eigenvalue weighted by atomic mass is 10.2. The minimum absolute atomic E-state index is 0.904. The van der Waals surface area contributed by atoms with Gasteiger partial charge in [0.25, 0.3) is 0 Å². The van der Waals surface area contributed by atoms with Crippen LogP contribution >= 0.6 is 0 Å². The van der Waals surface area contributed by atoms with Crippen LogP contribution in [0.2, 0.25) is 19.1 Å². The van der Waals surface area contributed by atoms with Crippen LogP contribution in [0.5, 0.6) is 0 Å². The maximum Gasteiger partial charge on any atom is 0.186 e. The van der Waals surface area contributed by atoms with E-state index in [9.17, 15) is 0 Å². The summed E-state index contributed by atoms with van der Waals surface area (Å²) in [5.41, 5.74) is 0. The molecule has 0 aromatic heterocycles. The van der Waals surface area contributed by atoms with E-state index in [-0.39, 0.29) is 0 Å². The second kappa shape index (κ2) is 9.20. The third-order valence-electron chi connectivity index (χ3n) is 2.91. The van der Waals surface area contributed by atoms with Crippen LogP contribution in [-0.4, -0.2) is 40.5 Å². The van der Waals surface area contributed by atoms with Crippen LogP contribution in [0.3, 0.4) is 0 Å². The van der Waals surface area contributed by atoms with Crippen molar-refractivity contribution in [1.29, 1.82) is 0 Å². The van der Waals surface area contributed by atoms with Crippen molar-refractivity contribution in [2.45, 2.75) is 58.2 Å². The zero-order valence-electron chi connectivity index (χ0n) is 12.0. The van der Waals surface area contributed by atoms with Crippen molar-refractivity contribution in [2.24, 2.45) is 0 Å². The maximum absolute atomic E-state index is 6.04. The number of likely N-dealkylation sites (N-methyl/N-ethyl adjacent to an activating group) is 1. The fraction of sp³-hybridized carbons (Fsp3) is 1.00. The topological polar surface area (TPSA) is 12.5 Å². The molecule has 0 atom stereocenters. The van der Waals surface area contributed by atoms with E-state index in [1.54, 1.807) is 0 Å². The second-order valence-corrected chi connectivity index (χ2v) is 9.88. The van der Waals surface area contributed by atoms with Crippen LogP contribution in [0, 0.1) is 0 Å². The fourth-order valence-electron chi connectivity index (χ4n) is 1.73. The molecule has 0 radical (unpaired) electrons. The molecule has 2 nitrogen and oxygen atoms in total. The van der Waals surface area contributed by atoms with Crippen molar-refractivity contribution < 1.29 is 4.43 Å². The number of hydrogen-bond donors (Lipinski definition) is 0. The molecular formula is C13H31NOSi. The standard InChI is InChI=1S/C13H31NOSi/c1-6-7-8-9-10-13-16(4,5)15-12-11-14(2)3/h6-13H2,1-5H3. The van der Waals surface area contributed by atoms with E-state index in [2.05, 4.69) is 39.0 Å². The summed E-state index contributed by atoms with van der Waals surface area (Å²) in [6.45, 7) is 8.92. The third kappa shape index (κ3) is 10.6. The molecule has 0 bridgehead atoms. The lowest BCUT2D eigenvalue weighted by Gasteiger charge is -2.24. The highest BCUT2D eigenvalue weighted by Crippen LogP contribution is 2.16. The van der Waals surface area contributed by atoms with E-state index in [0.29, 0.717) is 0 Å². The predicted octanol–water partition coefficient (Wildman–Crippen LogP) is 3.74. The van der Waals surface area contributed by atoms with Crippen LogP contribution < -0.4 is 0 Å². The molecule has 0 rings (SSSR count). The molecule has 16 heavy (non-hydrogen) atoms. The van der Waals surface area contributed by atoms with Gasteiger partial charge in [-0.25, -0.2) is 0 Å². The number of rotatable bonds is 10. The summed E-state index contributed by atoms with van der Waals surface area (Å²) in [6, 6.07) is 1.32. The molecule has 0 fully saturated rings. The van der Waals surface area contributed by atoms with E-state index in [0.717, 1.165) is 13.2 Å². The Morgan fingerprint density at radius 2 is 1.62 bits per heavy atom. The Bertz CT molecular complexity index is 160. The average Bonchev–Trinajstić information content (AvgIpc) is 2.16. The van der Waals surface area contributed by atoms with Crippen molar-refractivity contribution in [3.05, 3.63) is 0 Å². The van der Waals surface area contributed by atoms with Crippen LogP contribution in [0.4, 0.5) is 0 Å². The van der Waals surface area contributed by atoms with Gasteiger partial charge in [-0.1, -0.05) is 39.0 Å². The Labute approximate surface area is 103 Å². The summed E-state index contributed by atoms with van der Waals surface area (Å²) in [5, 5.41) is 0. The first-order valence-electron chi connectivity index (χ1n) is 6.76. The lowest BCUT2D eigenvalue weighted by molar-refractivity contribution is 0.253. The molecule has 0 aromatic rings. The van der Waals surface area contributed by atoms with Crippen LogP contribution in [0.15, 0.2) is 0 Å². The van der Waals surface area contributed by atoms with E-state index in [1.165, 1.54) is 38.1 Å². The van der Waals surface area contributed by atoms with Gasteiger partial charge in [-0.2, -0.15) is 0 Å². The molecule has 0 aliphatic carbocycles. The first kappa shape index (κ1) is 16.1. The monoisotopic (exact) mass is 245 g/mol. The number of nitrogens with zero attached hydrogens (tertiary/aromatic N) is 1. The summed E-state index contributed by atoms with van der Waals surface area (Å²) in [6.07, 6.45) is 6.88. The highest BCUT2D eigenvalue weighted by molar-refractivity contribution is 6.71. The van der Waals surface area contributed by atoms with Crippen molar-refractivity contribution in [3.8, 4) is 0 Å². The van der Waals surface area contributed by atoms with Gasteiger partial charge in [0.15, 0.2) is 8.32 Å². The highest BCUT2D eigenvalue weighted by atomic mass is 28.4. The van der Waals surface area contributed by atoms with Crippen molar-refractivity contribution in [1.82, 2.24) is 4.90 Å². The van der Waals surface area contributed by atoms with Crippen LogP contribution in [0.25, 0.3) is 0 Å². The number of unbranched alkanes of at least 4 members (excludes halogenated alkanes) is 4. The van der Waals surface area contributed by atoms with Gasteiger partial charge in [0.05, 0.1) is 0 Å². The molecule has 0 aliphatic heterocycles. The molecule has 0 unspecified atom stereocenters. The summed E-state index contributed by atoms with van der Waals surface area (Å²) in [4.78, 5) is 2.19. The Balaban J connectivity index is 3.46. The fourth-order valence-corrected chi connectivity index (χ4v) is 3.62. The molecule has 3 heteroatoms. The second-order valence-electron chi connectivity index (χ2n) is 5.58. The van der Waals surface area contributed by atoms with Crippen LogP contribution in [-0.2, 0) is 4.43 Å². The van der Waals surface area contributed by atoms with Gasteiger partial charge in [-0.15, -0.1) is 0 Å². The number of hydrogen-bond acceptors (Lipinski definition) is 2. The summed E-state index contributed by atoms with van der Waals surface area (Å²) in [5.74, 6) is 0. The van der Waals surface area contributed by atoms with Gasteiger partial charge in [-0.3, -0.25) is 0 Å². The highest BCUT2D eigenvalue weighted by Gasteiger charge is 2.21. The summed E-state index contributed by atoms with van der Waals surface area (Å²) in [7, 11) is 2.84. The summed E-state index contributed by atoms with van der Waals surface area (Å²) >= 11 is 0. The van der Waals surface area contributed by atoms with E-state index < -0.39 is 8.32 Å². The molecule has 0 amide bonds. The third-order valence-corrected chi connectivity index (χ3v) is 5.46. The smallest absolute Gasteiger partial charge is 0.186 e. The maximum atomic E-state index is 6.04. The van der Waals surface area contributed by atoms with Crippen molar-refractivity contribution in [2.75, 3.05) is 27.2 Å². The Morgan fingerprint density at radius 3 is 2.19 bits per heavy atom.